The van der Waals surface area contributed by atoms with Gasteiger partial charge >= 0.3 is 0 Å². The minimum absolute atomic E-state index is 0.167. The first kappa shape index (κ1) is 13.9. The summed E-state index contributed by atoms with van der Waals surface area (Å²) in [6.45, 7) is 3.68. The zero-order valence-corrected chi connectivity index (χ0v) is 11.7. The third-order valence-corrected chi connectivity index (χ3v) is 3.22. The number of carbonyl (C=O) groups excluding carboxylic acids is 2. The maximum Gasteiger partial charge on any atom is 0.270 e. The first-order valence-electron chi connectivity index (χ1n) is 6.34. The van der Waals surface area contributed by atoms with E-state index in [0.717, 1.165) is 11.1 Å². The van der Waals surface area contributed by atoms with Crippen LogP contribution in [0.25, 0.3) is 0 Å². The smallest absolute Gasteiger partial charge is 0.270 e. The molecular weight excluding hydrogens is 252 g/mol. The molecule has 4 nitrogen and oxygen atoms in total. The molecule has 2 aromatic rings. The molecule has 0 aliphatic carbocycles. The molecule has 0 fully saturated rings. The highest BCUT2D eigenvalue weighted by molar-refractivity contribution is 6.15. The SMILES string of the molecule is CNC(=O)c1nccc(C)c1C(=O)c1ccccc1C. The number of nitrogens with one attached hydrogen (secondary N) is 1. The van der Waals surface area contributed by atoms with Gasteiger partial charge in [0, 0.05) is 18.8 Å². The number of aromatic nitrogens is 1. The second-order valence-corrected chi connectivity index (χ2v) is 4.57. The predicted molar refractivity (Wildman–Crippen MR) is 77.0 cm³/mol. The van der Waals surface area contributed by atoms with E-state index >= 15 is 0 Å². The van der Waals surface area contributed by atoms with Crippen LogP contribution in [-0.4, -0.2) is 23.7 Å². The molecule has 0 saturated heterocycles. The Morgan fingerprint density at radius 3 is 2.40 bits per heavy atom. The molecule has 1 N–H and O–H groups in total. The monoisotopic (exact) mass is 268 g/mol. The predicted octanol–water partition coefficient (Wildman–Crippen LogP) is 2.29. The number of nitrogens with zero attached hydrogens (tertiary/aromatic N) is 1. The Morgan fingerprint density at radius 2 is 1.75 bits per heavy atom. The van der Waals surface area contributed by atoms with Crippen molar-refractivity contribution >= 4 is 11.7 Å². The molecule has 0 saturated carbocycles. The van der Waals surface area contributed by atoms with Crippen molar-refractivity contribution in [2.24, 2.45) is 0 Å². The van der Waals surface area contributed by atoms with Gasteiger partial charge in [-0.15, -0.1) is 0 Å². The highest BCUT2D eigenvalue weighted by atomic mass is 16.2. The lowest BCUT2D eigenvalue weighted by atomic mass is 9.95. The molecule has 102 valence electrons. The molecule has 0 radical (unpaired) electrons. The van der Waals surface area contributed by atoms with E-state index in [2.05, 4.69) is 10.3 Å². The Bertz CT molecular complexity index is 678. The zero-order chi connectivity index (χ0) is 14.7. The number of ketones is 1. The summed E-state index contributed by atoms with van der Waals surface area (Å²) in [5, 5.41) is 2.52. The van der Waals surface area contributed by atoms with E-state index in [1.807, 2.05) is 25.1 Å². The molecule has 0 aliphatic heterocycles. The van der Waals surface area contributed by atoms with Gasteiger partial charge in [0.2, 0.25) is 0 Å². The largest absolute Gasteiger partial charge is 0.354 e. The summed E-state index contributed by atoms with van der Waals surface area (Å²) in [6.07, 6.45) is 1.54. The van der Waals surface area contributed by atoms with Gasteiger partial charge in [0.25, 0.3) is 5.91 Å². The molecule has 0 spiro atoms. The van der Waals surface area contributed by atoms with Crippen LogP contribution in [0.4, 0.5) is 0 Å². The highest BCUT2D eigenvalue weighted by Crippen LogP contribution is 2.19. The number of carbonyl (C=O) groups is 2. The fourth-order valence-electron chi connectivity index (χ4n) is 2.10. The van der Waals surface area contributed by atoms with Crippen LogP contribution in [0, 0.1) is 13.8 Å². The highest BCUT2D eigenvalue weighted by Gasteiger charge is 2.22. The van der Waals surface area contributed by atoms with Gasteiger partial charge in [0.1, 0.15) is 5.69 Å². The lowest BCUT2D eigenvalue weighted by Crippen LogP contribution is -2.23. The summed E-state index contributed by atoms with van der Waals surface area (Å²) in [4.78, 5) is 28.6. The van der Waals surface area contributed by atoms with E-state index in [-0.39, 0.29) is 17.4 Å². The topological polar surface area (TPSA) is 59.1 Å². The quantitative estimate of drug-likeness (QED) is 0.869. The van der Waals surface area contributed by atoms with Crippen LogP contribution in [-0.2, 0) is 0 Å². The lowest BCUT2D eigenvalue weighted by molar-refractivity contribution is 0.0945. The van der Waals surface area contributed by atoms with Crippen LogP contribution in [0.5, 0.6) is 0 Å². The van der Waals surface area contributed by atoms with E-state index < -0.39 is 0 Å². The Labute approximate surface area is 117 Å². The molecule has 1 aromatic heterocycles. The van der Waals surface area contributed by atoms with Gasteiger partial charge in [-0.3, -0.25) is 14.6 Å². The molecule has 20 heavy (non-hydrogen) atoms. The molecule has 1 aromatic carbocycles. The Hall–Kier alpha value is -2.49. The van der Waals surface area contributed by atoms with Crippen molar-refractivity contribution in [3.8, 4) is 0 Å². The molecule has 0 atom stereocenters. The number of hydrogen-bond donors (Lipinski definition) is 1. The maximum atomic E-state index is 12.7. The van der Waals surface area contributed by atoms with E-state index in [1.54, 1.807) is 19.1 Å². The number of hydrogen-bond acceptors (Lipinski definition) is 3. The summed E-state index contributed by atoms with van der Waals surface area (Å²) in [5.74, 6) is -0.530. The Balaban J connectivity index is 2.61. The number of pyridine rings is 1. The summed E-state index contributed by atoms with van der Waals surface area (Å²) < 4.78 is 0. The van der Waals surface area contributed by atoms with Gasteiger partial charge in [0.15, 0.2) is 5.78 Å². The van der Waals surface area contributed by atoms with Crippen molar-refractivity contribution in [3.05, 3.63) is 64.5 Å². The second kappa shape index (κ2) is 5.65. The van der Waals surface area contributed by atoms with Crippen molar-refractivity contribution in [1.82, 2.24) is 10.3 Å². The normalized spacial score (nSPS) is 10.2. The number of aryl methyl sites for hydroxylation is 2. The van der Waals surface area contributed by atoms with Crippen LogP contribution in [0.3, 0.4) is 0 Å². The summed E-state index contributed by atoms with van der Waals surface area (Å²) >= 11 is 0. The maximum absolute atomic E-state index is 12.7. The lowest BCUT2D eigenvalue weighted by Gasteiger charge is -2.11. The molecular formula is C16H16N2O2. The Kier molecular flexibility index (Phi) is 3.94. The van der Waals surface area contributed by atoms with Crippen molar-refractivity contribution in [1.29, 1.82) is 0 Å². The fourth-order valence-corrected chi connectivity index (χ4v) is 2.10. The summed E-state index contributed by atoms with van der Waals surface area (Å²) in [6, 6.07) is 9.06. The molecule has 1 amide bonds. The summed E-state index contributed by atoms with van der Waals surface area (Å²) in [5.41, 5.74) is 2.74. The van der Waals surface area contributed by atoms with Gasteiger partial charge in [0.05, 0.1) is 5.56 Å². The van der Waals surface area contributed by atoms with E-state index in [9.17, 15) is 9.59 Å². The van der Waals surface area contributed by atoms with Crippen molar-refractivity contribution < 1.29 is 9.59 Å². The minimum Gasteiger partial charge on any atom is -0.354 e. The standard InChI is InChI=1S/C16H16N2O2/c1-10-6-4-5-7-12(10)15(19)13-11(2)8-9-18-14(13)16(20)17-3/h4-9H,1-3H3,(H,17,20). The van der Waals surface area contributed by atoms with E-state index in [4.69, 9.17) is 0 Å². The van der Waals surface area contributed by atoms with Gasteiger partial charge in [-0.2, -0.15) is 0 Å². The van der Waals surface area contributed by atoms with Crippen LogP contribution < -0.4 is 5.32 Å². The number of benzene rings is 1. The minimum atomic E-state index is -0.356. The first-order chi connectivity index (χ1) is 9.56. The van der Waals surface area contributed by atoms with E-state index in [1.165, 1.54) is 13.2 Å². The molecule has 0 aliphatic rings. The summed E-state index contributed by atoms with van der Waals surface area (Å²) in [7, 11) is 1.52. The van der Waals surface area contributed by atoms with Gasteiger partial charge in [-0.05, 0) is 31.0 Å². The third kappa shape index (κ3) is 2.45. The van der Waals surface area contributed by atoms with Gasteiger partial charge in [-0.1, -0.05) is 24.3 Å². The molecule has 4 heteroatoms. The van der Waals surface area contributed by atoms with Crippen molar-refractivity contribution in [3.63, 3.8) is 0 Å². The van der Waals surface area contributed by atoms with Gasteiger partial charge in [-0.25, -0.2) is 0 Å². The Morgan fingerprint density at radius 1 is 1.05 bits per heavy atom. The van der Waals surface area contributed by atoms with Crippen molar-refractivity contribution in [2.45, 2.75) is 13.8 Å². The molecule has 0 bridgehead atoms. The average molecular weight is 268 g/mol. The van der Waals surface area contributed by atoms with E-state index in [0.29, 0.717) is 11.1 Å². The fraction of sp³-hybridized carbons (Fsp3) is 0.188. The number of amides is 1. The van der Waals surface area contributed by atoms with Crippen LogP contribution in [0.1, 0.15) is 37.5 Å². The van der Waals surface area contributed by atoms with Gasteiger partial charge < -0.3 is 5.32 Å². The third-order valence-electron chi connectivity index (χ3n) is 3.22. The first-order valence-corrected chi connectivity index (χ1v) is 6.34. The van der Waals surface area contributed by atoms with Crippen LogP contribution >= 0.6 is 0 Å². The molecule has 1 heterocycles. The van der Waals surface area contributed by atoms with Crippen LogP contribution in [0.15, 0.2) is 36.5 Å². The molecule has 2 rings (SSSR count). The van der Waals surface area contributed by atoms with Crippen LogP contribution in [0.2, 0.25) is 0 Å². The second-order valence-electron chi connectivity index (χ2n) is 4.57. The number of rotatable bonds is 3. The zero-order valence-electron chi connectivity index (χ0n) is 11.7. The molecule has 0 unspecified atom stereocenters. The average Bonchev–Trinajstić information content (AvgIpc) is 2.46. The van der Waals surface area contributed by atoms with Crippen molar-refractivity contribution in [2.75, 3.05) is 7.05 Å².